The van der Waals surface area contributed by atoms with Crippen LogP contribution in [0.1, 0.15) is 38.4 Å². The number of phenols is 1. The Hall–Kier alpha value is -1.65. The van der Waals surface area contributed by atoms with E-state index in [2.05, 4.69) is 5.73 Å². The van der Waals surface area contributed by atoms with Crippen LogP contribution in [0, 0.1) is 11.7 Å². The molecule has 0 heterocycles. The lowest BCUT2D eigenvalue weighted by Gasteiger charge is -2.14. The van der Waals surface area contributed by atoms with Gasteiger partial charge in [0.1, 0.15) is 0 Å². The lowest BCUT2D eigenvalue weighted by molar-refractivity contribution is 0.122. The molecular formula is C17H23FO4. The van der Waals surface area contributed by atoms with Crippen LogP contribution in [0.3, 0.4) is 0 Å². The Morgan fingerprint density at radius 1 is 1.32 bits per heavy atom. The van der Waals surface area contributed by atoms with Crippen molar-refractivity contribution in [3.05, 3.63) is 47.0 Å². The summed E-state index contributed by atoms with van der Waals surface area (Å²) in [6.45, 7) is 3.54. The average Bonchev–Trinajstić information content (AvgIpc) is 2.48. The molecule has 0 aliphatic heterocycles. The standard InChI is InChI=1S/C17H23FO4/c1-11(2)17(22)8-12(10-19)4-3-5-15(20)13-6-7-16(21)14(18)9-13/h3,6-7,9,11,15,17,19-22H,5,8,10H2,1-2H3/t4?,15-,17-/m1/s1. The van der Waals surface area contributed by atoms with E-state index in [0.717, 1.165) is 6.07 Å². The van der Waals surface area contributed by atoms with E-state index in [9.17, 15) is 19.7 Å². The molecule has 122 valence electrons. The molecule has 4 nitrogen and oxygen atoms in total. The molecule has 5 heteroatoms. The normalized spacial score (nSPS) is 13.6. The van der Waals surface area contributed by atoms with E-state index in [1.54, 1.807) is 6.08 Å². The van der Waals surface area contributed by atoms with Gasteiger partial charge in [0.2, 0.25) is 0 Å². The first-order valence-corrected chi connectivity index (χ1v) is 7.23. The summed E-state index contributed by atoms with van der Waals surface area (Å²) >= 11 is 0. The van der Waals surface area contributed by atoms with E-state index in [0.29, 0.717) is 17.6 Å². The van der Waals surface area contributed by atoms with Crippen LogP contribution in [0.15, 0.2) is 35.6 Å². The molecule has 0 fully saturated rings. The van der Waals surface area contributed by atoms with Gasteiger partial charge in [0.25, 0.3) is 0 Å². The van der Waals surface area contributed by atoms with Crippen LogP contribution in [0.25, 0.3) is 0 Å². The number of rotatable bonds is 7. The van der Waals surface area contributed by atoms with Crippen LogP contribution in [0.4, 0.5) is 4.39 Å². The fourth-order valence-corrected chi connectivity index (χ4v) is 1.84. The van der Waals surface area contributed by atoms with Crippen LogP contribution < -0.4 is 0 Å². The number of aliphatic hydroxyl groups excluding tert-OH is 3. The lowest BCUT2D eigenvalue weighted by Crippen LogP contribution is -2.16. The third-order valence-electron chi connectivity index (χ3n) is 3.42. The van der Waals surface area contributed by atoms with Gasteiger partial charge in [-0.1, -0.05) is 19.9 Å². The summed E-state index contributed by atoms with van der Waals surface area (Å²) in [5, 5.41) is 38.1. The second-order valence-corrected chi connectivity index (χ2v) is 5.59. The monoisotopic (exact) mass is 310 g/mol. The van der Waals surface area contributed by atoms with E-state index in [1.165, 1.54) is 12.1 Å². The number of aromatic hydroxyl groups is 1. The lowest BCUT2D eigenvalue weighted by atomic mass is 10.00. The Bertz CT molecular complexity index is 548. The van der Waals surface area contributed by atoms with Crippen LogP contribution in [-0.4, -0.2) is 33.1 Å². The fraction of sp³-hybridized carbons (Fsp3) is 0.471. The van der Waals surface area contributed by atoms with Crippen LogP contribution in [-0.2, 0) is 0 Å². The Kier molecular flexibility index (Phi) is 7.28. The smallest absolute Gasteiger partial charge is 0.165 e. The first kappa shape index (κ1) is 18.4. The van der Waals surface area contributed by atoms with E-state index in [4.69, 9.17) is 5.11 Å². The van der Waals surface area contributed by atoms with Gasteiger partial charge in [0, 0.05) is 12.8 Å². The molecule has 0 radical (unpaired) electrons. The third-order valence-corrected chi connectivity index (χ3v) is 3.42. The highest BCUT2D eigenvalue weighted by Gasteiger charge is 2.11. The van der Waals surface area contributed by atoms with E-state index >= 15 is 0 Å². The van der Waals surface area contributed by atoms with Crippen LogP contribution >= 0.6 is 0 Å². The highest BCUT2D eigenvalue weighted by atomic mass is 19.1. The molecule has 0 unspecified atom stereocenters. The first-order valence-electron chi connectivity index (χ1n) is 7.23. The van der Waals surface area contributed by atoms with E-state index in [1.807, 2.05) is 13.8 Å². The molecule has 22 heavy (non-hydrogen) atoms. The molecule has 0 saturated heterocycles. The van der Waals surface area contributed by atoms with Crippen molar-refractivity contribution in [3.63, 3.8) is 0 Å². The van der Waals surface area contributed by atoms with Gasteiger partial charge in [-0.25, -0.2) is 4.39 Å². The predicted octanol–water partition coefficient (Wildman–Crippen LogP) is 2.44. The van der Waals surface area contributed by atoms with Crippen molar-refractivity contribution in [3.8, 4) is 5.75 Å². The minimum atomic E-state index is -0.933. The molecule has 0 aliphatic carbocycles. The van der Waals surface area contributed by atoms with Crippen molar-refractivity contribution >= 4 is 0 Å². The first-order chi connectivity index (χ1) is 10.3. The van der Waals surface area contributed by atoms with Gasteiger partial charge in [-0.2, -0.15) is 0 Å². The van der Waals surface area contributed by atoms with Gasteiger partial charge in [-0.15, -0.1) is 5.73 Å². The van der Waals surface area contributed by atoms with Crippen molar-refractivity contribution in [2.75, 3.05) is 6.61 Å². The molecule has 4 N–H and O–H groups in total. The zero-order valence-corrected chi connectivity index (χ0v) is 12.8. The van der Waals surface area contributed by atoms with Crippen molar-refractivity contribution in [2.45, 2.75) is 38.9 Å². The second kappa shape index (κ2) is 8.71. The number of hydrogen-bond donors (Lipinski definition) is 4. The number of hydrogen-bond acceptors (Lipinski definition) is 4. The van der Waals surface area contributed by atoms with E-state index in [-0.39, 0.29) is 18.9 Å². The molecule has 0 aliphatic rings. The van der Waals surface area contributed by atoms with Gasteiger partial charge in [-0.3, -0.25) is 0 Å². The van der Waals surface area contributed by atoms with Crippen molar-refractivity contribution in [2.24, 2.45) is 5.92 Å². The number of halogens is 1. The third kappa shape index (κ3) is 5.62. The van der Waals surface area contributed by atoms with Crippen LogP contribution in [0.2, 0.25) is 0 Å². The SMILES string of the molecule is CC(C)[C@H](O)CC(=C=CC[C@@H](O)c1ccc(O)c(F)c1)CO. The van der Waals surface area contributed by atoms with Crippen molar-refractivity contribution in [1.29, 1.82) is 0 Å². The summed E-state index contributed by atoms with van der Waals surface area (Å²) in [5.74, 6) is -1.17. The summed E-state index contributed by atoms with van der Waals surface area (Å²) < 4.78 is 13.2. The van der Waals surface area contributed by atoms with Crippen LogP contribution in [0.5, 0.6) is 5.75 Å². The summed E-state index contributed by atoms with van der Waals surface area (Å²) in [6, 6.07) is 3.70. The Morgan fingerprint density at radius 3 is 2.55 bits per heavy atom. The second-order valence-electron chi connectivity index (χ2n) is 5.59. The highest BCUT2D eigenvalue weighted by Crippen LogP contribution is 2.23. The molecule has 0 spiro atoms. The summed E-state index contributed by atoms with van der Waals surface area (Å²) in [7, 11) is 0. The van der Waals surface area contributed by atoms with Gasteiger partial charge in [0.15, 0.2) is 11.6 Å². The zero-order valence-electron chi connectivity index (χ0n) is 12.8. The quantitative estimate of drug-likeness (QED) is 0.583. The molecule has 1 aromatic carbocycles. The van der Waals surface area contributed by atoms with Crippen molar-refractivity contribution in [1.82, 2.24) is 0 Å². The molecule has 0 saturated carbocycles. The number of aliphatic hydroxyl groups is 3. The maximum Gasteiger partial charge on any atom is 0.165 e. The molecule has 0 aromatic heterocycles. The number of benzene rings is 1. The molecule has 2 atom stereocenters. The Labute approximate surface area is 129 Å². The van der Waals surface area contributed by atoms with Crippen molar-refractivity contribution < 1.29 is 24.8 Å². The molecule has 1 rings (SSSR count). The maximum absolute atomic E-state index is 13.2. The predicted molar refractivity (Wildman–Crippen MR) is 81.8 cm³/mol. The molecule has 1 aromatic rings. The zero-order chi connectivity index (χ0) is 16.7. The van der Waals surface area contributed by atoms with Gasteiger partial charge in [0.05, 0.1) is 18.8 Å². The van der Waals surface area contributed by atoms with Gasteiger partial charge in [-0.05, 0) is 35.3 Å². The Balaban J connectivity index is 2.72. The maximum atomic E-state index is 13.2. The molecular weight excluding hydrogens is 287 g/mol. The summed E-state index contributed by atoms with van der Waals surface area (Å²) in [5.41, 5.74) is 3.76. The minimum absolute atomic E-state index is 0.0777. The largest absolute Gasteiger partial charge is 0.505 e. The summed E-state index contributed by atoms with van der Waals surface area (Å²) in [4.78, 5) is 0. The molecule has 0 amide bonds. The van der Waals surface area contributed by atoms with E-state index < -0.39 is 23.8 Å². The topological polar surface area (TPSA) is 80.9 Å². The number of phenolic OH excluding ortho intramolecular Hbond substituents is 1. The van der Waals surface area contributed by atoms with Gasteiger partial charge >= 0.3 is 0 Å². The Morgan fingerprint density at radius 2 is 2.00 bits per heavy atom. The average molecular weight is 310 g/mol. The summed E-state index contributed by atoms with van der Waals surface area (Å²) in [6.07, 6.45) is 0.561. The highest BCUT2D eigenvalue weighted by molar-refractivity contribution is 5.29. The molecule has 0 bridgehead atoms. The fourth-order valence-electron chi connectivity index (χ4n) is 1.84. The minimum Gasteiger partial charge on any atom is -0.505 e. The van der Waals surface area contributed by atoms with Gasteiger partial charge < -0.3 is 20.4 Å².